The van der Waals surface area contributed by atoms with Crippen LogP contribution in [0.15, 0.2) is 11.1 Å². The first-order valence-electron chi connectivity index (χ1n) is 14.0. The highest BCUT2D eigenvalue weighted by Crippen LogP contribution is 2.68. The summed E-state index contributed by atoms with van der Waals surface area (Å²) in [5.74, 6) is -0.334. The van der Waals surface area contributed by atoms with E-state index < -0.39 is 30.6 Å². The van der Waals surface area contributed by atoms with Crippen molar-refractivity contribution in [3.8, 4) is 0 Å². The molecule has 4 fully saturated rings. The molecule has 0 aromatic heterocycles. The second kappa shape index (κ2) is 8.43. The molecule has 0 spiro atoms. The van der Waals surface area contributed by atoms with Gasteiger partial charge in [0.05, 0.1) is 5.92 Å². The Kier molecular flexibility index (Phi) is 5.88. The molecule has 0 aromatic carbocycles. The predicted octanol–water partition coefficient (Wildman–Crippen LogP) is 9.11. The van der Waals surface area contributed by atoms with Gasteiger partial charge in [0.15, 0.2) is 0 Å². The van der Waals surface area contributed by atoms with E-state index in [1.54, 1.807) is 0 Å². The number of halogens is 6. The third-order valence-electron chi connectivity index (χ3n) is 11.3. The zero-order valence-corrected chi connectivity index (χ0v) is 19.9. The van der Waals surface area contributed by atoms with Crippen LogP contribution in [0.2, 0.25) is 0 Å². The third-order valence-corrected chi connectivity index (χ3v) is 11.3. The van der Waals surface area contributed by atoms with Crippen molar-refractivity contribution in [2.75, 3.05) is 0 Å². The molecule has 0 radical (unpaired) electrons. The molecule has 6 aliphatic rings. The Labute approximate surface area is 199 Å². The summed E-state index contributed by atoms with van der Waals surface area (Å²) in [4.78, 5) is 0. The number of fused-ring (bicyclic) bond motifs is 4. The molecule has 0 aromatic rings. The Morgan fingerprint density at radius 1 is 0.588 bits per heavy atom. The van der Waals surface area contributed by atoms with E-state index in [1.165, 1.54) is 12.8 Å². The number of alkyl halides is 6. The van der Waals surface area contributed by atoms with Crippen LogP contribution < -0.4 is 0 Å². The van der Waals surface area contributed by atoms with Crippen LogP contribution in [0.3, 0.4) is 0 Å². The van der Waals surface area contributed by atoms with Crippen molar-refractivity contribution in [1.82, 2.24) is 0 Å². The molecule has 0 aliphatic heterocycles. The molecule has 6 heteroatoms. The van der Waals surface area contributed by atoms with Gasteiger partial charge in [0.25, 0.3) is 0 Å². The second-order valence-corrected chi connectivity index (χ2v) is 12.6. The molecule has 6 rings (SSSR count). The SMILES string of the molecule is FC(F)(F)CCC1C2CCCCC2C2=C(C3CCCC4CCC5CCCC2C5C43)C1C(F)(F)F. The van der Waals surface area contributed by atoms with E-state index in [-0.39, 0.29) is 30.1 Å². The lowest BCUT2D eigenvalue weighted by Crippen LogP contribution is -2.57. The normalized spacial score (nSPS) is 46.4. The minimum absolute atomic E-state index is 0.0289. The van der Waals surface area contributed by atoms with Crippen LogP contribution in [0, 0.1) is 59.2 Å². The van der Waals surface area contributed by atoms with Crippen molar-refractivity contribution < 1.29 is 26.3 Å². The van der Waals surface area contributed by atoms with Gasteiger partial charge in [0.2, 0.25) is 0 Å². The first-order valence-corrected chi connectivity index (χ1v) is 14.0. The van der Waals surface area contributed by atoms with Crippen molar-refractivity contribution in [1.29, 1.82) is 0 Å². The Balaban J connectivity index is 1.51. The quantitative estimate of drug-likeness (QED) is 0.269. The van der Waals surface area contributed by atoms with Gasteiger partial charge in [-0.25, -0.2) is 0 Å². The fraction of sp³-hybridized carbons (Fsp3) is 0.929. The van der Waals surface area contributed by atoms with Gasteiger partial charge >= 0.3 is 12.4 Å². The van der Waals surface area contributed by atoms with Crippen LogP contribution in [0.5, 0.6) is 0 Å². The molecule has 0 bridgehead atoms. The minimum atomic E-state index is -4.46. The maximum atomic E-state index is 15.0. The van der Waals surface area contributed by atoms with Gasteiger partial charge < -0.3 is 0 Å². The van der Waals surface area contributed by atoms with Gasteiger partial charge in [-0.15, -0.1) is 0 Å². The van der Waals surface area contributed by atoms with Crippen LogP contribution in [0.4, 0.5) is 26.3 Å². The summed E-state index contributed by atoms with van der Waals surface area (Å²) in [6.07, 6.45) is 1.83. The summed E-state index contributed by atoms with van der Waals surface area (Å²) in [6, 6.07) is 0. The predicted molar refractivity (Wildman–Crippen MR) is 119 cm³/mol. The summed E-state index contributed by atoms with van der Waals surface area (Å²) in [7, 11) is 0. The van der Waals surface area contributed by atoms with Crippen molar-refractivity contribution in [2.24, 2.45) is 59.2 Å². The molecule has 0 N–H and O–H groups in total. The molecule has 192 valence electrons. The fourth-order valence-corrected chi connectivity index (χ4v) is 10.6. The van der Waals surface area contributed by atoms with Gasteiger partial charge in [0.1, 0.15) is 0 Å². The Bertz CT molecular complexity index is 809. The van der Waals surface area contributed by atoms with E-state index in [1.807, 2.05) is 0 Å². The van der Waals surface area contributed by atoms with E-state index in [4.69, 9.17) is 0 Å². The van der Waals surface area contributed by atoms with Crippen LogP contribution in [-0.2, 0) is 0 Å². The van der Waals surface area contributed by atoms with Crippen LogP contribution >= 0.6 is 0 Å². The van der Waals surface area contributed by atoms with Crippen molar-refractivity contribution in [3.05, 3.63) is 11.1 Å². The lowest BCUT2D eigenvalue weighted by molar-refractivity contribution is -0.203. The van der Waals surface area contributed by atoms with E-state index in [0.717, 1.165) is 63.4 Å². The first-order chi connectivity index (χ1) is 16.1. The van der Waals surface area contributed by atoms with E-state index >= 15 is 0 Å². The van der Waals surface area contributed by atoms with Gasteiger partial charge in [-0.2, -0.15) is 26.3 Å². The second-order valence-electron chi connectivity index (χ2n) is 12.6. The third kappa shape index (κ3) is 3.78. The van der Waals surface area contributed by atoms with Gasteiger partial charge in [-0.1, -0.05) is 49.7 Å². The molecule has 10 atom stereocenters. The maximum Gasteiger partial charge on any atom is 0.395 e. The van der Waals surface area contributed by atoms with Crippen molar-refractivity contribution in [3.63, 3.8) is 0 Å². The number of hydrogen-bond acceptors (Lipinski definition) is 0. The zero-order chi connectivity index (χ0) is 23.8. The Hall–Kier alpha value is -0.680. The fourth-order valence-electron chi connectivity index (χ4n) is 10.6. The van der Waals surface area contributed by atoms with E-state index in [2.05, 4.69) is 0 Å². The molecular formula is C28H38F6. The first kappa shape index (κ1) is 23.7. The molecule has 0 heterocycles. The van der Waals surface area contributed by atoms with Crippen LogP contribution in [-0.4, -0.2) is 12.4 Å². The summed E-state index contributed by atoms with van der Waals surface area (Å²) < 4.78 is 84.9. The monoisotopic (exact) mass is 488 g/mol. The summed E-state index contributed by atoms with van der Waals surface area (Å²) >= 11 is 0. The topological polar surface area (TPSA) is 0 Å². The average Bonchev–Trinajstić information content (AvgIpc) is 2.79. The summed E-state index contributed by atoms with van der Waals surface area (Å²) in [5.41, 5.74) is 1.81. The molecule has 34 heavy (non-hydrogen) atoms. The van der Waals surface area contributed by atoms with Crippen LogP contribution in [0.25, 0.3) is 0 Å². The Morgan fingerprint density at radius 3 is 1.74 bits per heavy atom. The van der Waals surface area contributed by atoms with Crippen molar-refractivity contribution in [2.45, 2.75) is 102 Å². The smallest absolute Gasteiger partial charge is 0.171 e. The highest BCUT2D eigenvalue weighted by atomic mass is 19.4. The lowest BCUT2D eigenvalue weighted by atomic mass is 9.42. The van der Waals surface area contributed by atoms with E-state index in [0.29, 0.717) is 35.7 Å². The molecule has 0 saturated heterocycles. The van der Waals surface area contributed by atoms with E-state index in [9.17, 15) is 26.3 Å². The zero-order valence-electron chi connectivity index (χ0n) is 19.9. The summed E-state index contributed by atoms with van der Waals surface area (Å²) in [5, 5.41) is 0. The standard InChI is InChI=1S/C28H38F6/c29-27(30,31)14-13-19-17-7-1-2-8-18(17)24-20-9-3-5-15-11-12-16-6-4-10-21(23(16)22(15)20)25(24)26(19)28(32,33)34/h15-23,26H,1-14H2. The molecule has 4 saturated carbocycles. The lowest BCUT2D eigenvalue weighted by Gasteiger charge is -2.63. The summed E-state index contributed by atoms with van der Waals surface area (Å²) in [6.45, 7) is 0. The molecule has 0 nitrogen and oxygen atoms in total. The Morgan fingerprint density at radius 2 is 1.15 bits per heavy atom. The van der Waals surface area contributed by atoms with Crippen LogP contribution in [0.1, 0.15) is 89.9 Å². The van der Waals surface area contributed by atoms with Crippen molar-refractivity contribution >= 4 is 0 Å². The molecule has 0 amide bonds. The number of hydrogen-bond donors (Lipinski definition) is 0. The molecular weight excluding hydrogens is 450 g/mol. The van der Waals surface area contributed by atoms with Gasteiger partial charge in [0, 0.05) is 6.42 Å². The maximum absolute atomic E-state index is 15.0. The van der Waals surface area contributed by atoms with Gasteiger partial charge in [-0.05, 0) is 98.2 Å². The number of rotatable bonds is 2. The average molecular weight is 489 g/mol. The number of allylic oxidation sites excluding steroid dienone is 2. The molecule has 10 unspecified atom stereocenters. The highest BCUT2D eigenvalue weighted by molar-refractivity contribution is 5.37. The van der Waals surface area contributed by atoms with Gasteiger partial charge in [-0.3, -0.25) is 0 Å². The highest BCUT2D eigenvalue weighted by Gasteiger charge is 2.63. The minimum Gasteiger partial charge on any atom is -0.171 e. The largest absolute Gasteiger partial charge is 0.395 e. The molecule has 6 aliphatic carbocycles.